The van der Waals surface area contributed by atoms with Gasteiger partial charge in [0.2, 0.25) is 10.0 Å². The number of sulfonamides is 1. The summed E-state index contributed by atoms with van der Waals surface area (Å²) in [5, 5.41) is 8.60. The smallest absolute Gasteiger partial charge is 0.241 e. The Bertz CT molecular complexity index is 465. The summed E-state index contributed by atoms with van der Waals surface area (Å²) in [6.45, 7) is 0.565. The average molecular weight is 354 g/mol. The van der Waals surface area contributed by atoms with E-state index >= 15 is 0 Å². The largest absolute Gasteiger partial charge is 0.396 e. The zero-order valence-corrected chi connectivity index (χ0v) is 13.0. The van der Waals surface area contributed by atoms with E-state index in [0.717, 1.165) is 12.2 Å². The van der Waals surface area contributed by atoms with E-state index in [1.165, 1.54) is 0 Å². The van der Waals surface area contributed by atoms with Gasteiger partial charge in [-0.05, 0) is 40.2 Å². The van der Waals surface area contributed by atoms with E-state index in [1.54, 1.807) is 36.0 Å². The van der Waals surface area contributed by atoms with Crippen LogP contribution in [-0.2, 0) is 10.0 Å². The van der Waals surface area contributed by atoms with Crippen molar-refractivity contribution in [2.45, 2.75) is 11.3 Å². The molecule has 0 aromatic heterocycles. The second-order valence-electron chi connectivity index (χ2n) is 3.52. The summed E-state index contributed by atoms with van der Waals surface area (Å²) in [4.78, 5) is 0.255. The number of benzene rings is 1. The number of hydrogen-bond donors (Lipinski definition) is 2. The van der Waals surface area contributed by atoms with E-state index in [2.05, 4.69) is 20.7 Å². The average Bonchev–Trinajstić information content (AvgIpc) is 2.34. The van der Waals surface area contributed by atoms with Crippen molar-refractivity contribution in [1.82, 2.24) is 4.72 Å². The summed E-state index contributed by atoms with van der Waals surface area (Å²) in [6, 6.07) is 6.72. The summed E-state index contributed by atoms with van der Waals surface area (Å²) in [5.74, 6) is 1.54. The monoisotopic (exact) mass is 353 g/mol. The van der Waals surface area contributed by atoms with Gasteiger partial charge in [-0.2, -0.15) is 11.8 Å². The SMILES string of the molecule is O=S(=O)(NCCSCCCO)c1ccccc1Br. The van der Waals surface area contributed by atoms with Crippen LogP contribution in [0.4, 0.5) is 0 Å². The predicted octanol–water partition coefficient (Wildman–Crippen LogP) is 1.84. The van der Waals surface area contributed by atoms with Crippen molar-refractivity contribution in [2.24, 2.45) is 0 Å². The number of halogens is 1. The van der Waals surface area contributed by atoms with Gasteiger partial charge in [-0.1, -0.05) is 12.1 Å². The molecule has 0 fully saturated rings. The van der Waals surface area contributed by atoms with Gasteiger partial charge in [0.1, 0.15) is 0 Å². The summed E-state index contributed by atoms with van der Waals surface area (Å²) in [7, 11) is -3.44. The minimum absolute atomic E-state index is 0.176. The fraction of sp³-hybridized carbons (Fsp3) is 0.455. The minimum Gasteiger partial charge on any atom is -0.396 e. The first kappa shape index (κ1) is 16.0. The number of thioether (sulfide) groups is 1. The molecule has 1 aromatic carbocycles. The molecule has 0 amide bonds. The van der Waals surface area contributed by atoms with Crippen LogP contribution in [0.1, 0.15) is 6.42 Å². The van der Waals surface area contributed by atoms with E-state index in [4.69, 9.17) is 5.11 Å². The fourth-order valence-electron chi connectivity index (χ4n) is 1.26. The van der Waals surface area contributed by atoms with Crippen molar-refractivity contribution in [3.05, 3.63) is 28.7 Å². The maximum Gasteiger partial charge on any atom is 0.241 e. The van der Waals surface area contributed by atoms with Gasteiger partial charge in [0.05, 0.1) is 4.90 Å². The van der Waals surface area contributed by atoms with E-state index in [9.17, 15) is 8.42 Å². The third-order valence-electron chi connectivity index (χ3n) is 2.11. The van der Waals surface area contributed by atoms with Crippen LogP contribution in [0, 0.1) is 0 Å². The summed E-state index contributed by atoms with van der Waals surface area (Å²) in [5.41, 5.74) is 0. The Morgan fingerprint density at radius 2 is 2.00 bits per heavy atom. The van der Waals surface area contributed by atoms with Crippen molar-refractivity contribution in [3.63, 3.8) is 0 Å². The lowest BCUT2D eigenvalue weighted by Gasteiger charge is -2.08. The molecule has 4 nitrogen and oxygen atoms in total. The predicted molar refractivity (Wildman–Crippen MR) is 78.4 cm³/mol. The van der Waals surface area contributed by atoms with Crippen LogP contribution in [0.5, 0.6) is 0 Å². The topological polar surface area (TPSA) is 66.4 Å². The van der Waals surface area contributed by atoms with E-state index in [0.29, 0.717) is 16.8 Å². The Morgan fingerprint density at radius 1 is 1.28 bits per heavy atom. The molecule has 2 N–H and O–H groups in total. The molecule has 102 valence electrons. The Morgan fingerprint density at radius 3 is 2.67 bits per heavy atom. The summed E-state index contributed by atoms with van der Waals surface area (Å²) >= 11 is 4.84. The lowest BCUT2D eigenvalue weighted by Crippen LogP contribution is -2.26. The highest BCUT2D eigenvalue weighted by Gasteiger charge is 2.15. The van der Waals surface area contributed by atoms with E-state index in [-0.39, 0.29) is 11.5 Å². The number of hydrogen-bond acceptors (Lipinski definition) is 4. The second kappa shape index (κ2) is 8.16. The third-order valence-corrected chi connectivity index (χ3v) is 5.65. The highest BCUT2D eigenvalue weighted by molar-refractivity contribution is 9.10. The minimum atomic E-state index is -3.44. The molecule has 0 unspecified atom stereocenters. The number of nitrogens with one attached hydrogen (secondary N) is 1. The molecule has 0 heterocycles. The third kappa shape index (κ3) is 5.27. The highest BCUT2D eigenvalue weighted by atomic mass is 79.9. The Labute approximate surface area is 120 Å². The van der Waals surface area contributed by atoms with Gasteiger partial charge in [0.25, 0.3) is 0 Å². The molecule has 0 aliphatic heterocycles. The van der Waals surface area contributed by atoms with Crippen molar-refractivity contribution >= 4 is 37.7 Å². The highest BCUT2D eigenvalue weighted by Crippen LogP contribution is 2.20. The van der Waals surface area contributed by atoms with Crippen molar-refractivity contribution in [1.29, 1.82) is 0 Å². The molecule has 18 heavy (non-hydrogen) atoms. The molecule has 0 atom stereocenters. The number of aliphatic hydroxyl groups is 1. The van der Waals surface area contributed by atoms with Crippen LogP contribution in [-0.4, -0.2) is 38.2 Å². The van der Waals surface area contributed by atoms with Gasteiger partial charge >= 0.3 is 0 Å². The zero-order valence-electron chi connectivity index (χ0n) is 9.80. The number of aliphatic hydroxyl groups excluding tert-OH is 1. The Hall–Kier alpha value is -0.0800. The molecular formula is C11H16BrNO3S2. The molecular weight excluding hydrogens is 338 g/mol. The van der Waals surface area contributed by atoms with Gasteiger partial charge in [-0.3, -0.25) is 0 Å². The first-order chi connectivity index (χ1) is 8.58. The van der Waals surface area contributed by atoms with Crippen LogP contribution < -0.4 is 4.72 Å². The van der Waals surface area contributed by atoms with Crippen LogP contribution >= 0.6 is 27.7 Å². The molecule has 0 bridgehead atoms. The van der Waals surface area contributed by atoms with E-state index in [1.807, 2.05) is 0 Å². The van der Waals surface area contributed by atoms with Gasteiger partial charge in [-0.15, -0.1) is 0 Å². The molecule has 1 rings (SSSR count). The molecule has 0 aliphatic rings. The molecule has 7 heteroatoms. The Balaban J connectivity index is 2.44. The fourth-order valence-corrected chi connectivity index (χ4v) is 4.20. The molecule has 0 saturated heterocycles. The molecule has 0 spiro atoms. The lowest BCUT2D eigenvalue weighted by molar-refractivity contribution is 0.296. The van der Waals surface area contributed by atoms with Gasteiger partial charge < -0.3 is 5.11 Å². The first-order valence-electron chi connectivity index (χ1n) is 5.51. The molecule has 0 saturated carbocycles. The Kier molecular flexibility index (Phi) is 7.25. The number of rotatable bonds is 8. The second-order valence-corrected chi connectivity index (χ2v) is 7.33. The van der Waals surface area contributed by atoms with Crippen molar-refractivity contribution < 1.29 is 13.5 Å². The lowest BCUT2D eigenvalue weighted by atomic mass is 10.4. The van der Waals surface area contributed by atoms with Crippen LogP contribution in [0.3, 0.4) is 0 Å². The van der Waals surface area contributed by atoms with Gasteiger partial charge in [-0.25, -0.2) is 13.1 Å². The maximum absolute atomic E-state index is 12.0. The van der Waals surface area contributed by atoms with Crippen LogP contribution in [0.25, 0.3) is 0 Å². The first-order valence-corrected chi connectivity index (χ1v) is 8.94. The van der Waals surface area contributed by atoms with Crippen molar-refractivity contribution in [3.8, 4) is 0 Å². The van der Waals surface area contributed by atoms with Crippen LogP contribution in [0.15, 0.2) is 33.6 Å². The molecule has 0 radical (unpaired) electrons. The standard InChI is InChI=1S/C11H16BrNO3S2/c12-10-4-1-2-5-11(10)18(15,16)13-6-9-17-8-3-7-14/h1-2,4-5,13-14H,3,6-9H2. The normalized spacial score (nSPS) is 11.7. The molecule has 1 aromatic rings. The summed E-state index contributed by atoms with van der Waals surface area (Å²) in [6.07, 6.45) is 0.738. The maximum atomic E-state index is 12.0. The van der Waals surface area contributed by atoms with Gasteiger partial charge in [0.15, 0.2) is 0 Å². The molecule has 0 aliphatic carbocycles. The summed E-state index contributed by atoms with van der Waals surface area (Å²) < 4.78 is 27.0. The quantitative estimate of drug-likeness (QED) is 0.700. The van der Waals surface area contributed by atoms with Crippen LogP contribution in [0.2, 0.25) is 0 Å². The van der Waals surface area contributed by atoms with Crippen molar-refractivity contribution in [2.75, 3.05) is 24.7 Å². The van der Waals surface area contributed by atoms with Gasteiger partial charge in [0, 0.05) is 23.4 Å². The zero-order chi connectivity index (χ0) is 13.4. The van der Waals surface area contributed by atoms with E-state index < -0.39 is 10.0 Å².